The molecular weight excluding hydrogens is 430 g/mol. The van der Waals surface area contributed by atoms with Gasteiger partial charge in [0, 0.05) is 11.8 Å². The molecule has 3 aromatic rings. The largest absolute Gasteiger partial charge is 0.573 e. The van der Waals surface area contributed by atoms with Gasteiger partial charge in [-0.2, -0.15) is 0 Å². The standard InChI is InChI=1S/C15H9F4N3O3.C7H14/c16-10-6-12-11(5-9(10)13(23)24)21-14(22-12)20-7-1-3-8(4-2-7)25-15(17,18)19;1-7-5-3-2-4-6-7/h1-6H,(H,23,24)(H2,20,21,22);7H,2-6H2,1H3. The van der Waals surface area contributed by atoms with Crippen LogP contribution in [0.4, 0.5) is 29.2 Å². The highest BCUT2D eigenvalue weighted by atomic mass is 19.4. The van der Waals surface area contributed by atoms with Gasteiger partial charge < -0.3 is 20.1 Å². The van der Waals surface area contributed by atoms with Gasteiger partial charge in [-0.25, -0.2) is 14.2 Å². The molecule has 1 saturated carbocycles. The van der Waals surface area contributed by atoms with Crippen LogP contribution in [-0.2, 0) is 0 Å². The quantitative estimate of drug-likeness (QED) is 0.386. The molecule has 172 valence electrons. The lowest BCUT2D eigenvalue weighted by molar-refractivity contribution is -0.274. The van der Waals surface area contributed by atoms with Crippen LogP contribution in [0.15, 0.2) is 36.4 Å². The maximum absolute atomic E-state index is 13.6. The van der Waals surface area contributed by atoms with Crippen molar-refractivity contribution in [1.29, 1.82) is 0 Å². The van der Waals surface area contributed by atoms with Crippen molar-refractivity contribution in [2.24, 2.45) is 5.92 Å². The van der Waals surface area contributed by atoms with Crippen LogP contribution in [0.2, 0.25) is 0 Å². The fraction of sp³-hybridized carbons (Fsp3) is 0.364. The number of H-pyrrole nitrogens is 1. The van der Waals surface area contributed by atoms with Crippen LogP contribution >= 0.6 is 0 Å². The molecule has 1 heterocycles. The summed E-state index contributed by atoms with van der Waals surface area (Å²) in [4.78, 5) is 17.7. The average Bonchev–Trinajstić information content (AvgIpc) is 3.09. The highest BCUT2D eigenvalue weighted by Crippen LogP contribution is 2.26. The number of halogens is 4. The Labute approximate surface area is 181 Å². The Kier molecular flexibility index (Phi) is 7.22. The summed E-state index contributed by atoms with van der Waals surface area (Å²) in [6.07, 6.45) is 2.66. The first-order valence-corrected chi connectivity index (χ1v) is 10.2. The van der Waals surface area contributed by atoms with Crippen molar-refractivity contribution in [2.75, 3.05) is 5.32 Å². The van der Waals surface area contributed by atoms with Gasteiger partial charge in [-0.1, -0.05) is 39.0 Å². The minimum atomic E-state index is -4.78. The van der Waals surface area contributed by atoms with Crippen molar-refractivity contribution in [1.82, 2.24) is 9.97 Å². The molecule has 0 bridgehead atoms. The molecule has 0 unspecified atom stereocenters. The molecule has 0 aliphatic heterocycles. The Hall–Kier alpha value is -3.30. The number of carboxylic acids is 1. The van der Waals surface area contributed by atoms with Crippen LogP contribution in [0.25, 0.3) is 11.0 Å². The molecule has 4 rings (SSSR count). The molecule has 6 nitrogen and oxygen atoms in total. The van der Waals surface area contributed by atoms with Gasteiger partial charge in [-0.3, -0.25) is 0 Å². The number of carboxylic acid groups (broad SMARTS) is 1. The zero-order valence-electron chi connectivity index (χ0n) is 17.3. The van der Waals surface area contributed by atoms with E-state index < -0.39 is 23.7 Å². The van der Waals surface area contributed by atoms with E-state index in [1.165, 1.54) is 44.2 Å². The lowest BCUT2D eigenvalue weighted by Crippen LogP contribution is -2.16. The molecule has 1 aliphatic carbocycles. The number of fused-ring (bicyclic) bond motifs is 1. The van der Waals surface area contributed by atoms with Gasteiger partial charge in [-0.15, -0.1) is 13.2 Å². The number of benzene rings is 2. The van der Waals surface area contributed by atoms with Crippen molar-refractivity contribution < 1.29 is 32.2 Å². The number of aromatic amines is 1. The Balaban J connectivity index is 0.000000352. The maximum Gasteiger partial charge on any atom is 0.573 e. The predicted molar refractivity (Wildman–Crippen MR) is 112 cm³/mol. The second-order valence-electron chi connectivity index (χ2n) is 7.68. The third kappa shape index (κ3) is 6.60. The second-order valence-corrected chi connectivity index (χ2v) is 7.68. The summed E-state index contributed by atoms with van der Waals surface area (Å²) in [5.41, 5.74) is 0.368. The van der Waals surface area contributed by atoms with E-state index in [2.05, 4.69) is 26.9 Å². The normalized spacial score (nSPS) is 14.5. The van der Waals surface area contributed by atoms with Crippen LogP contribution in [0.1, 0.15) is 49.4 Å². The molecule has 1 fully saturated rings. The van der Waals surface area contributed by atoms with Gasteiger partial charge in [0.15, 0.2) is 0 Å². The number of alkyl halides is 3. The first kappa shape index (κ1) is 23.4. The van der Waals surface area contributed by atoms with Gasteiger partial charge >= 0.3 is 12.3 Å². The van der Waals surface area contributed by atoms with E-state index in [-0.39, 0.29) is 22.7 Å². The number of hydrogen-bond donors (Lipinski definition) is 3. The smallest absolute Gasteiger partial charge is 0.478 e. The molecule has 1 aromatic heterocycles. The van der Waals surface area contributed by atoms with Crippen LogP contribution < -0.4 is 10.1 Å². The number of aromatic nitrogens is 2. The van der Waals surface area contributed by atoms with E-state index in [9.17, 15) is 22.4 Å². The molecule has 10 heteroatoms. The zero-order chi connectivity index (χ0) is 23.3. The summed E-state index contributed by atoms with van der Waals surface area (Å²) in [6.45, 7) is 2.36. The van der Waals surface area contributed by atoms with E-state index in [0.29, 0.717) is 5.69 Å². The molecule has 0 spiro atoms. The second kappa shape index (κ2) is 9.88. The number of nitrogens with one attached hydrogen (secondary N) is 2. The van der Waals surface area contributed by atoms with Crippen LogP contribution in [0, 0.1) is 11.7 Å². The SMILES string of the molecule is CC1CCCCC1.O=C(O)c1cc2nc(Nc3ccc(OC(F)(F)F)cc3)[nH]c2cc1F. The Morgan fingerprint density at radius 1 is 1.16 bits per heavy atom. The van der Waals surface area contributed by atoms with Crippen molar-refractivity contribution >= 4 is 28.6 Å². The number of carbonyl (C=O) groups is 1. The third-order valence-electron chi connectivity index (χ3n) is 5.05. The first-order valence-electron chi connectivity index (χ1n) is 10.2. The number of imidazole rings is 1. The number of rotatable bonds is 4. The van der Waals surface area contributed by atoms with Crippen molar-refractivity contribution in [3.8, 4) is 5.75 Å². The third-order valence-corrected chi connectivity index (χ3v) is 5.05. The maximum atomic E-state index is 13.6. The number of ether oxygens (including phenoxy) is 1. The molecule has 32 heavy (non-hydrogen) atoms. The highest BCUT2D eigenvalue weighted by Gasteiger charge is 2.30. The number of anilines is 2. The number of nitrogens with zero attached hydrogens (tertiary/aromatic N) is 1. The minimum absolute atomic E-state index is 0.168. The first-order chi connectivity index (χ1) is 15.1. The van der Waals surface area contributed by atoms with E-state index in [4.69, 9.17) is 5.11 Å². The average molecular weight is 453 g/mol. The monoisotopic (exact) mass is 453 g/mol. The summed E-state index contributed by atoms with van der Waals surface area (Å²) in [6, 6.07) is 6.96. The molecule has 2 aromatic carbocycles. The van der Waals surface area contributed by atoms with E-state index in [1.807, 2.05) is 0 Å². The summed E-state index contributed by atoms with van der Waals surface area (Å²) >= 11 is 0. The minimum Gasteiger partial charge on any atom is -0.478 e. The van der Waals surface area contributed by atoms with Crippen LogP contribution in [0.3, 0.4) is 0 Å². The van der Waals surface area contributed by atoms with E-state index in [1.54, 1.807) is 0 Å². The van der Waals surface area contributed by atoms with Crippen LogP contribution in [0.5, 0.6) is 5.75 Å². The van der Waals surface area contributed by atoms with E-state index >= 15 is 0 Å². The highest BCUT2D eigenvalue weighted by molar-refractivity contribution is 5.93. The molecule has 3 N–H and O–H groups in total. The topological polar surface area (TPSA) is 87.2 Å². The fourth-order valence-corrected chi connectivity index (χ4v) is 3.44. The van der Waals surface area contributed by atoms with Gasteiger partial charge in [0.2, 0.25) is 5.95 Å². The Bertz CT molecular complexity index is 1060. The lowest BCUT2D eigenvalue weighted by Gasteiger charge is -2.15. The molecule has 0 radical (unpaired) electrons. The van der Waals surface area contributed by atoms with Crippen molar-refractivity contribution in [2.45, 2.75) is 45.4 Å². The lowest BCUT2D eigenvalue weighted by atomic mass is 9.91. The molecule has 0 saturated heterocycles. The molecule has 0 atom stereocenters. The zero-order valence-corrected chi connectivity index (χ0v) is 17.3. The Morgan fingerprint density at radius 3 is 2.34 bits per heavy atom. The number of aromatic carboxylic acids is 1. The molecule has 1 aliphatic rings. The van der Waals surface area contributed by atoms with Gasteiger partial charge in [-0.05, 0) is 36.2 Å². The summed E-state index contributed by atoms with van der Waals surface area (Å²) in [5.74, 6) is -1.51. The Morgan fingerprint density at radius 2 is 1.81 bits per heavy atom. The van der Waals surface area contributed by atoms with Gasteiger partial charge in [0.25, 0.3) is 0 Å². The summed E-state index contributed by atoms with van der Waals surface area (Å²) in [5, 5.41) is 11.7. The summed E-state index contributed by atoms with van der Waals surface area (Å²) < 4.78 is 53.7. The van der Waals surface area contributed by atoms with Crippen LogP contribution in [-0.4, -0.2) is 27.4 Å². The molecular formula is C22H23F4N3O3. The predicted octanol–water partition coefficient (Wildman–Crippen LogP) is 6.63. The van der Waals surface area contributed by atoms with Gasteiger partial charge in [0.1, 0.15) is 11.6 Å². The van der Waals surface area contributed by atoms with Gasteiger partial charge in [0.05, 0.1) is 16.6 Å². The number of hydrogen-bond acceptors (Lipinski definition) is 4. The van der Waals surface area contributed by atoms with E-state index in [0.717, 1.165) is 30.2 Å². The summed E-state index contributed by atoms with van der Waals surface area (Å²) in [7, 11) is 0. The van der Waals surface area contributed by atoms with Crippen molar-refractivity contribution in [3.63, 3.8) is 0 Å². The molecule has 0 amide bonds. The van der Waals surface area contributed by atoms with Crippen molar-refractivity contribution in [3.05, 3.63) is 47.8 Å². The fourth-order valence-electron chi connectivity index (χ4n) is 3.44.